The van der Waals surface area contributed by atoms with Crippen LogP contribution < -0.4 is 0 Å². The van der Waals surface area contributed by atoms with Crippen LogP contribution in [0.2, 0.25) is 0 Å². The number of aliphatic hydroxyl groups excluding tert-OH is 1. The molecule has 4 nitrogen and oxygen atoms in total. The lowest BCUT2D eigenvalue weighted by atomic mass is 10.1. The molecule has 4 heteroatoms. The lowest BCUT2D eigenvalue weighted by Crippen LogP contribution is -2.41. The number of carbonyl (C=O) groups is 1. The van der Waals surface area contributed by atoms with Crippen molar-refractivity contribution in [2.75, 3.05) is 13.2 Å². The number of likely N-dealkylation sites (tertiary alicyclic amines) is 1. The largest absolute Gasteiger partial charge is 0.396 e. The number of amides is 1. The third-order valence-electron chi connectivity index (χ3n) is 3.99. The quantitative estimate of drug-likeness (QED) is 0.916. The summed E-state index contributed by atoms with van der Waals surface area (Å²) in [6, 6.07) is 4.11. The first kappa shape index (κ1) is 15.0. The zero-order valence-electron chi connectivity index (χ0n) is 12.2. The van der Waals surface area contributed by atoms with Crippen LogP contribution in [0.25, 0.3) is 0 Å². The molecule has 0 spiro atoms. The van der Waals surface area contributed by atoms with Crippen LogP contribution in [0.5, 0.6) is 0 Å². The zero-order chi connectivity index (χ0) is 14.4. The summed E-state index contributed by atoms with van der Waals surface area (Å²) in [5.74, 6) is 0.163. The Morgan fingerprint density at radius 3 is 2.95 bits per heavy atom. The number of rotatable bonds is 4. The van der Waals surface area contributed by atoms with Gasteiger partial charge in [0.05, 0.1) is 6.42 Å². The van der Waals surface area contributed by atoms with Crippen LogP contribution in [-0.4, -0.2) is 40.1 Å². The fourth-order valence-electron chi connectivity index (χ4n) is 2.83. The maximum atomic E-state index is 12.5. The lowest BCUT2D eigenvalue weighted by molar-refractivity contribution is -0.133. The predicted octanol–water partition coefficient (Wildman–Crippen LogP) is 2.09. The Hall–Kier alpha value is -1.42. The van der Waals surface area contributed by atoms with Crippen LogP contribution in [0.3, 0.4) is 0 Å². The van der Waals surface area contributed by atoms with Gasteiger partial charge in [0.1, 0.15) is 0 Å². The van der Waals surface area contributed by atoms with Gasteiger partial charge in [-0.1, -0.05) is 18.9 Å². The lowest BCUT2D eigenvalue weighted by Gasteiger charge is -2.30. The molecule has 1 aliphatic rings. The van der Waals surface area contributed by atoms with E-state index in [4.69, 9.17) is 0 Å². The van der Waals surface area contributed by atoms with Gasteiger partial charge in [-0.15, -0.1) is 0 Å². The van der Waals surface area contributed by atoms with E-state index in [0.29, 0.717) is 12.8 Å². The second-order valence-electron chi connectivity index (χ2n) is 5.59. The molecule has 0 radical (unpaired) electrons. The first-order valence-electron chi connectivity index (χ1n) is 7.52. The molecule has 1 fully saturated rings. The molecule has 0 saturated carbocycles. The molecular weight excluding hydrogens is 252 g/mol. The van der Waals surface area contributed by atoms with Gasteiger partial charge in [0.15, 0.2) is 0 Å². The summed E-state index contributed by atoms with van der Waals surface area (Å²) < 4.78 is 0. The van der Waals surface area contributed by atoms with Gasteiger partial charge >= 0.3 is 0 Å². The molecule has 1 aromatic heterocycles. The number of hydrogen-bond donors (Lipinski definition) is 1. The van der Waals surface area contributed by atoms with E-state index in [1.165, 1.54) is 6.42 Å². The van der Waals surface area contributed by atoms with Crippen LogP contribution in [0.4, 0.5) is 0 Å². The van der Waals surface area contributed by atoms with Gasteiger partial charge in [-0.3, -0.25) is 9.78 Å². The third kappa shape index (κ3) is 4.04. The van der Waals surface area contributed by atoms with Gasteiger partial charge in [-0.05, 0) is 37.8 Å². The Kier molecular flexibility index (Phi) is 5.53. The van der Waals surface area contributed by atoms with Crippen LogP contribution >= 0.6 is 0 Å². The first-order valence-corrected chi connectivity index (χ1v) is 7.52. The SMILES string of the molecule is Cc1ccc(CC(=O)N2CCCCCC2CCO)cn1. The van der Waals surface area contributed by atoms with E-state index < -0.39 is 0 Å². The second kappa shape index (κ2) is 7.39. The van der Waals surface area contributed by atoms with Crippen molar-refractivity contribution in [1.29, 1.82) is 0 Å². The van der Waals surface area contributed by atoms with E-state index in [-0.39, 0.29) is 18.6 Å². The Balaban J connectivity index is 2.02. The molecule has 0 aromatic carbocycles. The minimum atomic E-state index is 0.153. The van der Waals surface area contributed by atoms with Gasteiger partial charge in [-0.2, -0.15) is 0 Å². The molecule has 1 N–H and O–H groups in total. The molecule has 0 aliphatic carbocycles. The summed E-state index contributed by atoms with van der Waals surface area (Å²) in [6.45, 7) is 2.92. The number of pyridine rings is 1. The fraction of sp³-hybridized carbons (Fsp3) is 0.625. The Labute approximate surface area is 120 Å². The maximum absolute atomic E-state index is 12.5. The summed E-state index contributed by atoms with van der Waals surface area (Å²) in [5, 5.41) is 9.18. The van der Waals surface area contributed by atoms with Crippen molar-refractivity contribution in [2.45, 2.75) is 51.5 Å². The number of nitrogens with zero attached hydrogens (tertiary/aromatic N) is 2. The molecule has 1 aliphatic heterocycles. The number of aliphatic hydroxyl groups is 1. The first-order chi connectivity index (χ1) is 9.70. The van der Waals surface area contributed by atoms with E-state index in [2.05, 4.69) is 4.98 Å². The van der Waals surface area contributed by atoms with Crippen molar-refractivity contribution in [3.05, 3.63) is 29.6 Å². The topological polar surface area (TPSA) is 53.4 Å². The summed E-state index contributed by atoms with van der Waals surface area (Å²) in [6.07, 6.45) is 7.30. The van der Waals surface area contributed by atoms with Crippen molar-refractivity contribution < 1.29 is 9.90 Å². The molecule has 2 heterocycles. The number of hydrogen-bond acceptors (Lipinski definition) is 3. The van der Waals surface area contributed by atoms with Crippen molar-refractivity contribution in [1.82, 2.24) is 9.88 Å². The van der Waals surface area contributed by atoms with Crippen molar-refractivity contribution in [3.8, 4) is 0 Å². The highest BCUT2D eigenvalue weighted by atomic mass is 16.3. The average Bonchev–Trinajstić information content (AvgIpc) is 2.67. The number of aromatic nitrogens is 1. The van der Waals surface area contributed by atoms with Crippen LogP contribution in [0.15, 0.2) is 18.3 Å². The normalized spacial score (nSPS) is 19.7. The number of carbonyl (C=O) groups excluding carboxylic acids is 1. The highest BCUT2D eigenvalue weighted by Gasteiger charge is 2.24. The number of aryl methyl sites for hydroxylation is 1. The summed E-state index contributed by atoms with van der Waals surface area (Å²) in [5.41, 5.74) is 1.93. The van der Waals surface area contributed by atoms with Gasteiger partial charge in [0.2, 0.25) is 5.91 Å². The van der Waals surface area contributed by atoms with E-state index in [9.17, 15) is 9.90 Å². The Morgan fingerprint density at radius 1 is 1.40 bits per heavy atom. The van der Waals surface area contributed by atoms with Crippen molar-refractivity contribution in [3.63, 3.8) is 0 Å². The Bertz CT molecular complexity index is 431. The smallest absolute Gasteiger partial charge is 0.227 e. The van der Waals surface area contributed by atoms with Crippen LogP contribution in [-0.2, 0) is 11.2 Å². The predicted molar refractivity (Wildman–Crippen MR) is 78.3 cm³/mol. The van der Waals surface area contributed by atoms with Gasteiger partial charge < -0.3 is 10.0 Å². The summed E-state index contributed by atoms with van der Waals surface area (Å²) in [7, 11) is 0. The average molecular weight is 276 g/mol. The minimum Gasteiger partial charge on any atom is -0.396 e. The van der Waals surface area contributed by atoms with Crippen LogP contribution in [0, 0.1) is 6.92 Å². The summed E-state index contributed by atoms with van der Waals surface area (Å²) >= 11 is 0. The summed E-state index contributed by atoms with van der Waals surface area (Å²) in [4.78, 5) is 18.7. The van der Waals surface area contributed by atoms with E-state index in [1.54, 1.807) is 6.20 Å². The molecule has 1 saturated heterocycles. The molecule has 1 aromatic rings. The van der Waals surface area contributed by atoms with E-state index in [1.807, 2.05) is 24.0 Å². The highest BCUT2D eigenvalue weighted by molar-refractivity contribution is 5.79. The molecule has 2 rings (SSSR count). The molecular formula is C16H24N2O2. The minimum absolute atomic E-state index is 0.153. The molecule has 1 atom stereocenters. The molecule has 1 unspecified atom stereocenters. The third-order valence-corrected chi connectivity index (χ3v) is 3.99. The van der Waals surface area contributed by atoms with Crippen LogP contribution in [0.1, 0.15) is 43.4 Å². The zero-order valence-corrected chi connectivity index (χ0v) is 12.2. The van der Waals surface area contributed by atoms with E-state index in [0.717, 1.165) is 37.1 Å². The second-order valence-corrected chi connectivity index (χ2v) is 5.59. The van der Waals surface area contributed by atoms with Gasteiger partial charge in [-0.25, -0.2) is 0 Å². The Morgan fingerprint density at radius 2 is 2.25 bits per heavy atom. The molecule has 0 bridgehead atoms. The van der Waals surface area contributed by atoms with E-state index >= 15 is 0 Å². The maximum Gasteiger partial charge on any atom is 0.227 e. The molecule has 110 valence electrons. The monoisotopic (exact) mass is 276 g/mol. The van der Waals surface area contributed by atoms with Gasteiger partial charge in [0, 0.05) is 31.1 Å². The fourth-order valence-corrected chi connectivity index (χ4v) is 2.83. The van der Waals surface area contributed by atoms with Crippen molar-refractivity contribution in [2.24, 2.45) is 0 Å². The highest BCUT2D eigenvalue weighted by Crippen LogP contribution is 2.20. The standard InChI is InChI=1S/C16H24N2O2/c1-13-6-7-14(12-17-13)11-16(20)18-9-4-2-3-5-15(18)8-10-19/h6-7,12,15,19H,2-5,8-11H2,1H3. The van der Waals surface area contributed by atoms with Gasteiger partial charge in [0.25, 0.3) is 0 Å². The van der Waals surface area contributed by atoms with Crippen molar-refractivity contribution >= 4 is 5.91 Å². The molecule has 20 heavy (non-hydrogen) atoms. The molecule has 1 amide bonds.